The number of aromatic amines is 2. The monoisotopic (exact) mass is 727 g/mol. The minimum Gasteiger partial charge on any atom is -0.496 e. The summed E-state index contributed by atoms with van der Waals surface area (Å²) in [6, 6.07) is 44.5. The number of methoxy groups -OCH3 is 4. The fourth-order valence-corrected chi connectivity index (χ4v) is 7.65. The first-order valence-corrected chi connectivity index (χ1v) is 18.2. The number of H-pyrrole nitrogens is 2. The van der Waals surface area contributed by atoms with Gasteiger partial charge < -0.3 is 34.2 Å². The maximum Gasteiger partial charge on any atom is 0.257 e. The van der Waals surface area contributed by atoms with Crippen LogP contribution in [0.2, 0.25) is 0 Å². The summed E-state index contributed by atoms with van der Waals surface area (Å²) in [7, 11) is 6.53. The van der Waals surface area contributed by atoms with Gasteiger partial charge in [-0.2, -0.15) is 0 Å². The third-order valence-corrected chi connectivity index (χ3v) is 10.1. The van der Waals surface area contributed by atoms with Crippen LogP contribution in [0, 0.1) is 0 Å². The standard InChI is InChI=1S/C47H41N3O5/c1-52-34-27-35(53-2)40-38(29-17-9-5-10-18-29)43(31-21-13-7-14-22-31)49-45(40)33(34)25-26-48-47(51)42-37(55-4)28-36(54-3)41-39(30-19-11-6-12-20-30)44(50-46(41)42)32-23-15-8-16-24-32/h5-24,27-28,49-50H,25-26H2,1-4H3,(H,48,51). The lowest BCUT2D eigenvalue weighted by Gasteiger charge is -2.16. The number of nitrogens with one attached hydrogen (secondary N) is 3. The number of hydrogen-bond acceptors (Lipinski definition) is 5. The van der Waals surface area contributed by atoms with E-state index in [4.69, 9.17) is 18.9 Å². The van der Waals surface area contributed by atoms with E-state index in [2.05, 4.69) is 63.8 Å². The number of carbonyl (C=O) groups is 1. The molecule has 0 aliphatic heterocycles. The molecule has 0 saturated carbocycles. The fourth-order valence-electron chi connectivity index (χ4n) is 7.65. The fraction of sp³-hybridized carbons (Fsp3) is 0.128. The van der Waals surface area contributed by atoms with Crippen LogP contribution in [0.4, 0.5) is 0 Å². The van der Waals surface area contributed by atoms with Gasteiger partial charge in [0.15, 0.2) is 0 Å². The van der Waals surface area contributed by atoms with Crippen molar-refractivity contribution < 1.29 is 23.7 Å². The van der Waals surface area contributed by atoms with Crippen molar-refractivity contribution in [1.82, 2.24) is 15.3 Å². The second-order valence-corrected chi connectivity index (χ2v) is 13.1. The highest BCUT2D eigenvalue weighted by molar-refractivity contribution is 6.16. The first-order valence-electron chi connectivity index (χ1n) is 18.2. The van der Waals surface area contributed by atoms with Gasteiger partial charge in [0.2, 0.25) is 0 Å². The van der Waals surface area contributed by atoms with Crippen molar-refractivity contribution in [3.8, 4) is 67.8 Å². The van der Waals surface area contributed by atoms with E-state index in [0.29, 0.717) is 47.0 Å². The Morgan fingerprint density at radius 3 is 1.36 bits per heavy atom. The van der Waals surface area contributed by atoms with Crippen LogP contribution in [0.25, 0.3) is 66.6 Å². The SMILES string of the molecule is COc1cc(OC)c2c(-c3ccccc3)c(-c3ccccc3)[nH]c2c1CCNC(=O)c1c(OC)cc(OC)c2c(-c3ccccc3)c(-c3ccccc3)[nH]c12. The number of aromatic nitrogens is 2. The summed E-state index contributed by atoms with van der Waals surface area (Å²) in [5.41, 5.74) is 10.7. The summed E-state index contributed by atoms with van der Waals surface area (Å²) in [6.07, 6.45) is 0.468. The maximum absolute atomic E-state index is 14.5. The van der Waals surface area contributed by atoms with Crippen LogP contribution < -0.4 is 24.3 Å². The Kier molecular flexibility index (Phi) is 9.71. The number of fused-ring (bicyclic) bond motifs is 2. The zero-order chi connectivity index (χ0) is 37.9. The van der Waals surface area contributed by atoms with Gasteiger partial charge in [0, 0.05) is 35.4 Å². The van der Waals surface area contributed by atoms with Gasteiger partial charge in [0.1, 0.15) is 28.6 Å². The molecule has 8 heteroatoms. The smallest absolute Gasteiger partial charge is 0.257 e. The average molecular weight is 728 g/mol. The second kappa shape index (κ2) is 15.2. The summed E-state index contributed by atoms with van der Waals surface area (Å²) in [4.78, 5) is 21.8. The Morgan fingerprint density at radius 2 is 0.909 bits per heavy atom. The molecule has 8 nitrogen and oxygen atoms in total. The van der Waals surface area contributed by atoms with Crippen LogP contribution in [-0.2, 0) is 6.42 Å². The highest BCUT2D eigenvalue weighted by Crippen LogP contribution is 2.48. The minimum absolute atomic E-state index is 0.282. The molecule has 0 fully saturated rings. The molecule has 3 N–H and O–H groups in total. The van der Waals surface area contributed by atoms with E-state index in [-0.39, 0.29) is 5.91 Å². The molecule has 274 valence electrons. The van der Waals surface area contributed by atoms with Crippen molar-refractivity contribution in [1.29, 1.82) is 0 Å². The highest BCUT2D eigenvalue weighted by Gasteiger charge is 2.28. The van der Waals surface area contributed by atoms with Crippen LogP contribution in [0.15, 0.2) is 133 Å². The molecule has 55 heavy (non-hydrogen) atoms. The zero-order valence-corrected chi connectivity index (χ0v) is 31.2. The van der Waals surface area contributed by atoms with Crippen LogP contribution in [0.5, 0.6) is 23.0 Å². The van der Waals surface area contributed by atoms with Crippen molar-refractivity contribution in [2.45, 2.75) is 6.42 Å². The summed E-state index contributed by atoms with van der Waals surface area (Å²) < 4.78 is 23.8. The number of amides is 1. The molecule has 8 aromatic rings. The molecule has 0 radical (unpaired) electrons. The van der Waals surface area contributed by atoms with Crippen molar-refractivity contribution >= 4 is 27.7 Å². The molecule has 0 saturated heterocycles. The van der Waals surface area contributed by atoms with Gasteiger partial charge in [-0.05, 0) is 28.7 Å². The quantitative estimate of drug-likeness (QED) is 0.116. The number of hydrogen-bond donors (Lipinski definition) is 3. The molecule has 0 atom stereocenters. The molecular formula is C47H41N3O5. The Morgan fingerprint density at radius 1 is 0.509 bits per heavy atom. The lowest BCUT2D eigenvalue weighted by molar-refractivity contribution is 0.0952. The van der Waals surface area contributed by atoms with E-state index in [1.807, 2.05) is 78.9 Å². The lowest BCUT2D eigenvalue weighted by Crippen LogP contribution is -2.26. The molecular weight excluding hydrogens is 687 g/mol. The average Bonchev–Trinajstić information content (AvgIpc) is 3.85. The third kappa shape index (κ3) is 6.31. The summed E-state index contributed by atoms with van der Waals surface area (Å²) in [6.45, 7) is 0.311. The first-order chi connectivity index (χ1) is 27.1. The molecule has 1 amide bonds. The number of benzene rings is 6. The van der Waals surface area contributed by atoms with Crippen molar-refractivity contribution in [2.75, 3.05) is 35.0 Å². The molecule has 6 aromatic carbocycles. The van der Waals surface area contributed by atoms with E-state index in [0.717, 1.165) is 66.6 Å². The molecule has 0 bridgehead atoms. The van der Waals surface area contributed by atoms with E-state index in [9.17, 15) is 4.79 Å². The Balaban J connectivity index is 1.23. The number of carbonyl (C=O) groups excluding carboxylic acids is 1. The first kappa shape index (κ1) is 35.1. The van der Waals surface area contributed by atoms with Gasteiger partial charge in [-0.1, -0.05) is 121 Å². The van der Waals surface area contributed by atoms with Crippen LogP contribution in [0.3, 0.4) is 0 Å². The lowest BCUT2D eigenvalue weighted by atomic mass is 9.96. The predicted octanol–water partition coefficient (Wildman–Crippen LogP) is 10.3. The van der Waals surface area contributed by atoms with Crippen molar-refractivity contribution in [2.24, 2.45) is 0 Å². The van der Waals surface area contributed by atoms with Crippen LogP contribution in [0.1, 0.15) is 15.9 Å². The number of ether oxygens (including phenoxy) is 4. The highest BCUT2D eigenvalue weighted by atomic mass is 16.5. The summed E-state index contributed by atoms with van der Waals surface area (Å²) in [5, 5.41) is 4.95. The summed E-state index contributed by atoms with van der Waals surface area (Å²) in [5.74, 6) is 2.07. The molecule has 0 aliphatic rings. The maximum atomic E-state index is 14.5. The predicted molar refractivity (Wildman–Crippen MR) is 221 cm³/mol. The number of rotatable bonds is 12. The Bertz CT molecular complexity index is 2620. The molecule has 2 heterocycles. The van der Waals surface area contributed by atoms with Crippen LogP contribution >= 0.6 is 0 Å². The van der Waals surface area contributed by atoms with Crippen molar-refractivity contribution in [3.63, 3.8) is 0 Å². The molecule has 0 spiro atoms. The van der Waals surface area contributed by atoms with E-state index in [1.54, 1.807) is 34.5 Å². The zero-order valence-electron chi connectivity index (χ0n) is 31.2. The Labute approximate surface area is 319 Å². The topological polar surface area (TPSA) is 97.6 Å². The largest absolute Gasteiger partial charge is 0.496 e. The van der Waals surface area contributed by atoms with E-state index >= 15 is 0 Å². The molecule has 0 aliphatic carbocycles. The van der Waals surface area contributed by atoms with Crippen molar-refractivity contribution in [3.05, 3.63) is 145 Å². The normalized spacial score (nSPS) is 11.1. The van der Waals surface area contributed by atoms with Gasteiger partial charge in [-0.3, -0.25) is 4.79 Å². The second-order valence-electron chi connectivity index (χ2n) is 13.1. The van der Waals surface area contributed by atoms with Gasteiger partial charge in [0.05, 0.1) is 61.6 Å². The van der Waals surface area contributed by atoms with E-state index in [1.165, 1.54) is 0 Å². The van der Waals surface area contributed by atoms with Gasteiger partial charge >= 0.3 is 0 Å². The van der Waals surface area contributed by atoms with Gasteiger partial charge in [-0.25, -0.2) is 0 Å². The summed E-state index contributed by atoms with van der Waals surface area (Å²) >= 11 is 0. The van der Waals surface area contributed by atoms with Gasteiger partial charge in [-0.15, -0.1) is 0 Å². The molecule has 0 unspecified atom stereocenters. The Hall–Kier alpha value is -6.93. The minimum atomic E-state index is -0.282. The molecule has 2 aromatic heterocycles. The van der Waals surface area contributed by atoms with E-state index < -0.39 is 0 Å². The third-order valence-electron chi connectivity index (χ3n) is 10.1. The molecule has 8 rings (SSSR count). The van der Waals surface area contributed by atoms with Gasteiger partial charge in [0.25, 0.3) is 5.91 Å². The van der Waals surface area contributed by atoms with Crippen LogP contribution in [-0.4, -0.2) is 50.9 Å².